The van der Waals surface area contributed by atoms with E-state index in [1.807, 2.05) is 52.7 Å². The summed E-state index contributed by atoms with van der Waals surface area (Å²) in [7, 11) is 0. The van der Waals surface area contributed by atoms with Gasteiger partial charge in [0, 0.05) is 24.0 Å². The molecule has 3 heterocycles. The van der Waals surface area contributed by atoms with Crippen LogP contribution in [0.4, 0.5) is 4.79 Å². The Bertz CT molecular complexity index is 878. The smallest absolute Gasteiger partial charge is 0.410 e. The third-order valence-electron chi connectivity index (χ3n) is 5.52. The molecule has 30 heavy (non-hydrogen) atoms. The molecule has 2 saturated heterocycles. The Morgan fingerprint density at radius 1 is 1.10 bits per heavy atom. The number of carbonyl (C=O) groups is 3. The minimum Gasteiger partial charge on any atom is -0.459 e. The van der Waals surface area contributed by atoms with Crippen LogP contribution < -0.4 is 0 Å². The molecular formula is C22H24N2O5S. The quantitative estimate of drug-likeness (QED) is 0.662. The Balaban J connectivity index is 1.31. The number of benzene rings is 1. The minimum atomic E-state index is -0.736. The van der Waals surface area contributed by atoms with Gasteiger partial charge in [0.25, 0.3) is 0 Å². The van der Waals surface area contributed by atoms with E-state index in [-0.39, 0.29) is 25.2 Å². The van der Waals surface area contributed by atoms with Crippen molar-refractivity contribution in [1.29, 1.82) is 0 Å². The molecular weight excluding hydrogens is 404 g/mol. The van der Waals surface area contributed by atoms with Gasteiger partial charge in [0.2, 0.25) is 5.91 Å². The summed E-state index contributed by atoms with van der Waals surface area (Å²) in [5, 5.41) is 1.96. The summed E-state index contributed by atoms with van der Waals surface area (Å²) in [4.78, 5) is 41.8. The first-order valence-corrected chi connectivity index (χ1v) is 11.0. The second-order valence-electron chi connectivity index (χ2n) is 7.46. The van der Waals surface area contributed by atoms with E-state index < -0.39 is 18.1 Å². The van der Waals surface area contributed by atoms with E-state index in [1.54, 1.807) is 11.3 Å². The van der Waals surface area contributed by atoms with Crippen molar-refractivity contribution < 1.29 is 23.9 Å². The highest BCUT2D eigenvalue weighted by Gasteiger charge is 2.44. The topological polar surface area (TPSA) is 76.2 Å². The number of rotatable bonds is 6. The number of cyclic esters (lactones) is 1. The summed E-state index contributed by atoms with van der Waals surface area (Å²) in [5.74, 6) is -0.361. The minimum absolute atomic E-state index is 0.00395. The summed E-state index contributed by atoms with van der Waals surface area (Å²) in [6, 6.07) is 12.4. The summed E-state index contributed by atoms with van der Waals surface area (Å²) < 4.78 is 10.6. The third-order valence-corrected chi connectivity index (χ3v) is 6.40. The van der Waals surface area contributed by atoms with Crippen LogP contribution in [-0.2, 0) is 32.1 Å². The molecule has 1 aromatic carbocycles. The van der Waals surface area contributed by atoms with E-state index in [9.17, 15) is 14.4 Å². The maximum absolute atomic E-state index is 12.6. The van der Waals surface area contributed by atoms with Crippen LogP contribution in [0.25, 0.3) is 0 Å². The van der Waals surface area contributed by atoms with Crippen molar-refractivity contribution in [3.63, 3.8) is 0 Å². The molecule has 1 aromatic heterocycles. The highest BCUT2D eigenvalue weighted by Crippen LogP contribution is 2.25. The van der Waals surface area contributed by atoms with Gasteiger partial charge in [0.15, 0.2) is 6.04 Å². The summed E-state index contributed by atoms with van der Waals surface area (Å²) in [6.07, 6.45) is 1.16. The molecule has 0 unspecified atom stereocenters. The maximum atomic E-state index is 12.6. The van der Waals surface area contributed by atoms with Crippen molar-refractivity contribution in [2.75, 3.05) is 19.7 Å². The Labute approximate surface area is 179 Å². The number of carbonyl (C=O) groups excluding carboxylic acids is 3. The highest BCUT2D eigenvalue weighted by atomic mass is 32.1. The average Bonchev–Trinajstić information content (AvgIpc) is 3.42. The van der Waals surface area contributed by atoms with Crippen molar-refractivity contribution in [2.24, 2.45) is 0 Å². The number of esters is 1. The third kappa shape index (κ3) is 4.64. The van der Waals surface area contributed by atoms with E-state index >= 15 is 0 Å². The van der Waals surface area contributed by atoms with Gasteiger partial charge in [-0.2, -0.15) is 0 Å². The first kappa shape index (κ1) is 20.4. The van der Waals surface area contributed by atoms with Gasteiger partial charge in [0.05, 0.1) is 6.42 Å². The van der Waals surface area contributed by atoms with Crippen LogP contribution in [0.5, 0.6) is 0 Å². The van der Waals surface area contributed by atoms with Gasteiger partial charge in [-0.25, -0.2) is 9.59 Å². The zero-order valence-corrected chi connectivity index (χ0v) is 17.4. The number of nitrogens with zero attached hydrogens (tertiary/aromatic N) is 2. The van der Waals surface area contributed by atoms with Crippen molar-refractivity contribution in [3.05, 3.63) is 58.3 Å². The van der Waals surface area contributed by atoms with E-state index in [2.05, 4.69) is 0 Å². The van der Waals surface area contributed by atoms with Crippen LogP contribution in [0, 0.1) is 0 Å². The van der Waals surface area contributed by atoms with Gasteiger partial charge in [-0.3, -0.25) is 9.69 Å². The normalized spacial score (nSPS) is 19.6. The Morgan fingerprint density at radius 3 is 2.57 bits per heavy atom. The lowest BCUT2D eigenvalue weighted by molar-refractivity contribution is -0.150. The fraction of sp³-hybridized carbons (Fsp3) is 0.409. The fourth-order valence-electron chi connectivity index (χ4n) is 3.91. The number of thiophene rings is 1. The van der Waals surface area contributed by atoms with Crippen molar-refractivity contribution >= 4 is 29.3 Å². The van der Waals surface area contributed by atoms with Gasteiger partial charge >= 0.3 is 12.1 Å². The molecule has 0 aliphatic carbocycles. The molecule has 0 spiro atoms. The SMILES string of the molecule is O=C(OCc1ccccc1)[C@@H]1COC(=O)N1C1CCN(C(=O)Cc2cccs2)CC1. The number of ether oxygens (including phenoxy) is 2. The lowest BCUT2D eigenvalue weighted by Gasteiger charge is -2.37. The molecule has 2 aromatic rings. The Morgan fingerprint density at radius 2 is 1.87 bits per heavy atom. The molecule has 158 valence electrons. The number of likely N-dealkylation sites (tertiary alicyclic amines) is 1. The van der Waals surface area contributed by atoms with Gasteiger partial charge in [-0.05, 0) is 29.9 Å². The number of hydrogen-bond donors (Lipinski definition) is 0. The van der Waals surface area contributed by atoms with E-state index in [1.165, 1.54) is 4.90 Å². The molecule has 8 heteroatoms. The molecule has 2 fully saturated rings. The van der Waals surface area contributed by atoms with Crippen LogP contribution in [0.1, 0.15) is 23.3 Å². The predicted molar refractivity (Wildman–Crippen MR) is 111 cm³/mol. The molecule has 2 aliphatic rings. The predicted octanol–water partition coefficient (Wildman–Crippen LogP) is 2.85. The Kier molecular flexibility index (Phi) is 6.32. The van der Waals surface area contributed by atoms with Gasteiger partial charge < -0.3 is 14.4 Å². The lowest BCUT2D eigenvalue weighted by atomic mass is 10.0. The van der Waals surface area contributed by atoms with E-state index in [0.29, 0.717) is 32.4 Å². The average molecular weight is 429 g/mol. The first-order valence-electron chi connectivity index (χ1n) is 10.1. The van der Waals surface area contributed by atoms with E-state index in [0.717, 1.165) is 10.4 Å². The molecule has 2 aliphatic heterocycles. The lowest BCUT2D eigenvalue weighted by Crippen LogP contribution is -2.52. The van der Waals surface area contributed by atoms with Crippen LogP contribution in [0.15, 0.2) is 47.8 Å². The molecule has 0 N–H and O–H groups in total. The highest BCUT2D eigenvalue weighted by molar-refractivity contribution is 7.10. The molecule has 7 nitrogen and oxygen atoms in total. The van der Waals surface area contributed by atoms with Crippen LogP contribution in [0.2, 0.25) is 0 Å². The number of piperidine rings is 1. The molecule has 0 saturated carbocycles. The fourth-order valence-corrected chi connectivity index (χ4v) is 4.61. The maximum Gasteiger partial charge on any atom is 0.410 e. The zero-order valence-electron chi connectivity index (χ0n) is 16.6. The number of amides is 2. The Hall–Kier alpha value is -2.87. The largest absolute Gasteiger partial charge is 0.459 e. The van der Waals surface area contributed by atoms with Gasteiger partial charge in [0.1, 0.15) is 13.2 Å². The molecule has 1 atom stereocenters. The summed E-state index contributed by atoms with van der Waals surface area (Å²) in [6.45, 7) is 1.28. The first-order chi connectivity index (χ1) is 14.6. The summed E-state index contributed by atoms with van der Waals surface area (Å²) in [5.41, 5.74) is 0.889. The molecule has 2 amide bonds. The molecule has 4 rings (SSSR count). The van der Waals surface area contributed by atoms with Crippen LogP contribution >= 0.6 is 11.3 Å². The number of hydrogen-bond acceptors (Lipinski definition) is 6. The second-order valence-corrected chi connectivity index (χ2v) is 8.49. The zero-order chi connectivity index (χ0) is 20.9. The van der Waals surface area contributed by atoms with Crippen LogP contribution in [-0.4, -0.2) is 59.5 Å². The van der Waals surface area contributed by atoms with Crippen molar-refractivity contribution in [1.82, 2.24) is 9.80 Å². The summed E-state index contributed by atoms with van der Waals surface area (Å²) >= 11 is 1.57. The molecule has 0 radical (unpaired) electrons. The van der Waals surface area contributed by atoms with Gasteiger partial charge in [-0.15, -0.1) is 11.3 Å². The van der Waals surface area contributed by atoms with Gasteiger partial charge in [-0.1, -0.05) is 36.4 Å². The van der Waals surface area contributed by atoms with Crippen molar-refractivity contribution in [2.45, 2.75) is 38.0 Å². The van der Waals surface area contributed by atoms with Crippen molar-refractivity contribution in [3.8, 4) is 0 Å². The van der Waals surface area contributed by atoms with E-state index in [4.69, 9.17) is 9.47 Å². The van der Waals surface area contributed by atoms with Crippen LogP contribution in [0.3, 0.4) is 0 Å². The monoisotopic (exact) mass is 428 g/mol. The second kappa shape index (κ2) is 9.30. The standard InChI is InChI=1S/C22H24N2O5S/c25-20(13-18-7-4-12-30-18)23-10-8-17(9-11-23)24-19(15-29-22(24)27)21(26)28-14-16-5-2-1-3-6-16/h1-7,12,17,19H,8-11,13-15H2/t19-/m0/s1. The molecule has 0 bridgehead atoms.